The van der Waals surface area contributed by atoms with Gasteiger partial charge in [0.05, 0.1) is 11.2 Å². The van der Waals surface area contributed by atoms with Gasteiger partial charge < -0.3 is 14.7 Å². The minimum absolute atomic E-state index is 0.109. The summed E-state index contributed by atoms with van der Waals surface area (Å²) in [4.78, 5) is 28.2. The molecule has 0 radical (unpaired) electrons. The molecule has 26 heavy (non-hydrogen) atoms. The predicted molar refractivity (Wildman–Crippen MR) is 92.7 cm³/mol. The van der Waals surface area contributed by atoms with E-state index in [1.807, 2.05) is 6.92 Å². The van der Waals surface area contributed by atoms with E-state index in [1.54, 1.807) is 40.1 Å². The van der Waals surface area contributed by atoms with Gasteiger partial charge in [-0.15, -0.1) is 0 Å². The van der Waals surface area contributed by atoms with Gasteiger partial charge in [-0.2, -0.15) is 5.10 Å². The van der Waals surface area contributed by atoms with E-state index in [0.717, 1.165) is 0 Å². The second-order valence-electron chi connectivity index (χ2n) is 6.69. The number of aromatic hydroxyl groups is 1. The van der Waals surface area contributed by atoms with Gasteiger partial charge in [-0.3, -0.25) is 14.8 Å². The molecule has 0 aliphatic carbocycles. The lowest BCUT2D eigenvalue weighted by molar-refractivity contribution is 0.0357. The lowest BCUT2D eigenvalue weighted by atomic mass is 9.92. The molecule has 1 atom stereocenters. The van der Waals surface area contributed by atoms with Gasteiger partial charge in [0.15, 0.2) is 0 Å². The van der Waals surface area contributed by atoms with Crippen molar-refractivity contribution < 1.29 is 19.4 Å². The first-order valence-corrected chi connectivity index (χ1v) is 8.61. The van der Waals surface area contributed by atoms with E-state index in [-0.39, 0.29) is 17.7 Å². The highest BCUT2D eigenvalue weighted by atomic mass is 16.6. The van der Waals surface area contributed by atoms with Crippen molar-refractivity contribution in [3.8, 4) is 17.0 Å². The smallest absolute Gasteiger partial charge is 0.410 e. The van der Waals surface area contributed by atoms with Gasteiger partial charge in [0.2, 0.25) is 0 Å². The fourth-order valence-corrected chi connectivity index (χ4v) is 3.67. The molecule has 2 fully saturated rings. The third kappa shape index (κ3) is 2.49. The molecule has 0 bridgehead atoms. The number of benzene rings is 1. The Labute approximate surface area is 150 Å². The van der Waals surface area contributed by atoms with E-state index >= 15 is 0 Å². The van der Waals surface area contributed by atoms with Crippen LogP contribution in [-0.2, 0) is 4.74 Å². The zero-order valence-corrected chi connectivity index (χ0v) is 14.4. The average Bonchev–Trinajstić information content (AvgIpc) is 3.27. The van der Waals surface area contributed by atoms with Crippen molar-refractivity contribution in [2.75, 3.05) is 26.2 Å². The van der Waals surface area contributed by atoms with Crippen LogP contribution >= 0.6 is 0 Å². The van der Waals surface area contributed by atoms with Gasteiger partial charge in [0.25, 0.3) is 5.91 Å². The first-order chi connectivity index (χ1) is 12.5. The number of rotatable bonds is 3. The second-order valence-corrected chi connectivity index (χ2v) is 6.69. The zero-order valence-electron chi connectivity index (χ0n) is 14.4. The van der Waals surface area contributed by atoms with Crippen molar-refractivity contribution in [3.63, 3.8) is 0 Å². The summed E-state index contributed by atoms with van der Waals surface area (Å²) in [5.41, 5.74) is 0.973. The molecule has 0 saturated carbocycles. The molecule has 4 rings (SSSR count). The van der Waals surface area contributed by atoms with E-state index < -0.39 is 5.54 Å². The van der Waals surface area contributed by atoms with Crippen LogP contribution < -0.4 is 0 Å². The van der Waals surface area contributed by atoms with Crippen molar-refractivity contribution in [2.45, 2.75) is 18.9 Å². The number of fused-ring (bicyclic) bond motifs is 1. The highest BCUT2D eigenvalue weighted by Crippen LogP contribution is 2.32. The Balaban J connectivity index is 1.56. The molecule has 1 aromatic heterocycles. The summed E-state index contributed by atoms with van der Waals surface area (Å²) in [6.45, 7) is 3.63. The molecule has 8 nitrogen and oxygen atoms in total. The summed E-state index contributed by atoms with van der Waals surface area (Å²) >= 11 is 0. The largest absolute Gasteiger partial charge is 0.507 e. The Hall–Kier alpha value is -3.03. The molecule has 136 valence electrons. The maximum absolute atomic E-state index is 12.9. The molecule has 8 heteroatoms. The number of nitrogens with zero attached hydrogens (tertiary/aromatic N) is 3. The normalized spacial score (nSPS) is 22.3. The highest BCUT2D eigenvalue weighted by Gasteiger charge is 2.50. The number of hydrogen-bond acceptors (Lipinski definition) is 5. The average molecular weight is 356 g/mol. The maximum Gasteiger partial charge on any atom is 0.410 e. The van der Waals surface area contributed by atoms with Gasteiger partial charge in [0, 0.05) is 25.2 Å². The summed E-state index contributed by atoms with van der Waals surface area (Å²) in [5.74, 6) is -0.0656. The quantitative estimate of drug-likeness (QED) is 0.874. The summed E-state index contributed by atoms with van der Waals surface area (Å²) in [6, 6.07) is 8.48. The number of phenols is 1. The molecule has 1 unspecified atom stereocenters. The topological polar surface area (TPSA) is 98.8 Å². The molecule has 1 aromatic carbocycles. The van der Waals surface area contributed by atoms with E-state index in [0.29, 0.717) is 49.6 Å². The Morgan fingerprint density at radius 1 is 1.38 bits per heavy atom. The SMILES string of the molecule is CCC12COC(=O)N1CCN(C(=O)c1cc(-c3ccccc3O)n[nH]1)C2. The van der Waals surface area contributed by atoms with Gasteiger partial charge in [0.1, 0.15) is 18.1 Å². The predicted octanol–water partition coefficient (Wildman–Crippen LogP) is 1.84. The third-order valence-electron chi connectivity index (χ3n) is 5.27. The van der Waals surface area contributed by atoms with Crippen LogP contribution in [0.1, 0.15) is 23.8 Å². The second kappa shape index (κ2) is 6.05. The van der Waals surface area contributed by atoms with Gasteiger partial charge >= 0.3 is 6.09 Å². The summed E-state index contributed by atoms with van der Waals surface area (Å²) in [6.07, 6.45) is 0.413. The number of carbonyl (C=O) groups excluding carboxylic acids is 2. The number of piperazine rings is 1. The molecule has 2 saturated heterocycles. The van der Waals surface area contributed by atoms with E-state index in [9.17, 15) is 14.7 Å². The van der Waals surface area contributed by atoms with Gasteiger partial charge in [-0.05, 0) is 24.6 Å². The van der Waals surface area contributed by atoms with Crippen LogP contribution in [0.4, 0.5) is 4.79 Å². The number of ether oxygens (including phenoxy) is 1. The van der Waals surface area contributed by atoms with Crippen LogP contribution in [0, 0.1) is 0 Å². The molecular formula is C18H20N4O4. The van der Waals surface area contributed by atoms with Crippen LogP contribution in [-0.4, -0.2) is 68.9 Å². The lowest BCUT2D eigenvalue weighted by Gasteiger charge is -2.44. The maximum atomic E-state index is 12.9. The Morgan fingerprint density at radius 3 is 2.96 bits per heavy atom. The Kier molecular flexibility index (Phi) is 3.82. The number of carbonyl (C=O) groups is 2. The van der Waals surface area contributed by atoms with E-state index in [4.69, 9.17) is 4.74 Å². The Morgan fingerprint density at radius 2 is 2.19 bits per heavy atom. The fourth-order valence-electron chi connectivity index (χ4n) is 3.67. The van der Waals surface area contributed by atoms with Crippen LogP contribution in [0.15, 0.2) is 30.3 Å². The lowest BCUT2D eigenvalue weighted by Crippen LogP contribution is -2.62. The van der Waals surface area contributed by atoms with Crippen molar-refractivity contribution in [3.05, 3.63) is 36.0 Å². The molecule has 2 aliphatic rings. The molecule has 0 spiro atoms. The number of aromatic amines is 1. The highest BCUT2D eigenvalue weighted by molar-refractivity contribution is 5.94. The monoisotopic (exact) mass is 356 g/mol. The molecule has 2 N–H and O–H groups in total. The van der Waals surface area contributed by atoms with Gasteiger partial charge in [-0.1, -0.05) is 19.1 Å². The van der Waals surface area contributed by atoms with Crippen LogP contribution in [0.25, 0.3) is 11.3 Å². The van der Waals surface area contributed by atoms with E-state index in [1.165, 1.54) is 0 Å². The zero-order chi connectivity index (χ0) is 18.3. The number of H-pyrrole nitrogens is 1. The van der Waals surface area contributed by atoms with Crippen LogP contribution in [0.3, 0.4) is 0 Å². The first kappa shape index (κ1) is 16.4. The molecule has 3 heterocycles. The van der Waals surface area contributed by atoms with Crippen molar-refractivity contribution in [1.29, 1.82) is 0 Å². The van der Waals surface area contributed by atoms with E-state index in [2.05, 4.69) is 10.2 Å². The number of nitrogens with one attached hydrogen (secondary N) is 1. The number of cyclic esters (lactones) is 1. The molecule has 2 aliphatic heterocycles. The van der Waals surface area contributed by atoms with Gasteiger partial charge in [-0.25, -0.2) is 4.79 Å². The first-order valence-electron chi connectivity index (χ1n) is 8.61. The fraction of sp³-hybridized carbons (Fsp3) is 0.389. The van der Waals surface area contributed by atoms with Crippen molar-refractivity contribution in [2.24, 2.45) is 0 Å². The minimum Gasteiger partial charge on any atom is -0.507 e. The summed E-state index contributed by atoms with van der Waals surface area (Å²) in [5, 5.41) is 16.9. The molecule has 2 aromatic rings. The number of aromatic nitrogens is 2. The number of amides is 2. The molecular weight excluding hydrogens is 336 g/mol. The number of para-hydroxylation sites is 1. The standard InChI is InChI=1S/C18H20N4O4/c1-2-18-10-21(7-8-22(18)17(25)26-11-18)16(24)14-9-13(19-20-14)12-5-3-4-6-15(12)23/h3-6,9,23H,2,7-8,10-11H2,1H3,(H,19,20). The number of phenolic OH excluding ortho intramolecular Hbond substituents is 1. The Bertz CT molecular complexity index is 864. The molecule has 2 amide bonds. The number of hydrogen-bond donors (Lipinski definition) is 2. The minimum atomic E-state index is -0.453. The third-order valence-corrected chi connectivity index (χ3v) is 5.27. The summed E-state index contributed by atoms with van der Waals surface area (Å²) < 4.78 is 5.20. The van der Waals surface area contributed by atoms with Crippen molar-refractivity contribution in [1.82, 2.24) is 20.0 Å². The van der Waals surface area contributed by atoms with Crippen LogP contribution in [0.2, 0.25) is 0 Å². The summed E-state index contributed by atoms with van der Waals surface area (Å²) in [7, 11) is 0. The van der Waals surface area contributed by atoms with Crippen LogP contribution in [0.5, 0.6) is 5.75 Å². The van der Waals surface area contributed by atoms with Crippen molar-refractivity contribution >= 4 is 12.0 Å².